The number of benzene rings is 1. The molecule has 0 unspecified atom stereocenters. The number of nitrogens with zero attached hydrogens (tertiary/aromatic N) is 3. The van der Waals surface area contributed by atoms with Crippen LogP contribution in [0.5, 0.6) is 0 Å². The van der Waals surface area contributed by atoms with E-state index >= 15 is 0 Å². The summed E-state index contributed by atoms with van der Waals surface area (Å²) in [6.45, 7) is 4.54. The number of para-hydroxylation sites is 1. The predicted octanol–water partition coefficient (Wildman–Crippen LogP) is 0.0563. The van der Waals surface area contributed by atoms with E-state index in [9.17, 15) is 9.59 Å². The summed E-state index contributed by atoms with van der Waals surface area (Å²) in [6, 6.07) is 8.23. The van der Waals surface area contributed by atoms with E-state index in [0.29, 0.717) is 11.6 Å². The molecule has 0 bridgehead atoms. The molecule has 2 aromatic rings. The number of aromatic nitrogens is 1. The molecule has 3 heterocycles. The van der Waals surface area contributed by atoms with Gasteiger partial charge in [0.15, 0.2) is 0 Å². The smallest absolute Gasteiger partial charge is 0.242 e. The summed E-state index contributed by atoms with van der Waals surface area (Å²) in [5, 5.41) is 1.16. The van der Waals surface area contributed by atoms with Crippen molar-refractivity contribution >= 4 is 45.1 Å². The van der Waals surface area contributed by atoms with Crippen LogP contribution in [-0.2, 0) is 16.1 Å². The zero-order chi connectivity index (χ0) is 17.2. The third-order valence-electron chi connectivity index (χ3n) is 4.71. The number of rotatable bonds is 4. The van der Waals surface area contributed by atoms with Crippen molar-refractivity contribution in [2.24, 2.45) is 0 Å². The van der Waals surface area contributed by atoms with Crippen LogP contribution in [0.2, 0.25) is 0 Å². The Kier molecular flexibility index (Phi) is 4.91. The fourth-order valence-corrected chi connectivity index (χ4v) is 5.21. The summed E-state index contributed by atoms with van der Waals surface area (Å²) in [5.41, 5.74) is 1.07. The first kappa shape index (κ1) is 16.8. The van der Waals surface area contributed by atoms with Crippen LogP contribution in [-0.4, -0.2) is 71.0 Å². The number of amides is 2. The van der Waals surface area contributed by atoms with Crippen LogP contribution in [0.4, 0.5) is 0 Å². The van der Waals surface area contributed by atoms with Crippen LogP contribution in [0, 0.1) is 0 Å². The highest BCUT2D eigenvalue weighted by molar-refractivity contribution is 8.00. The maximum Gasteiger partial charge on any atom is 0.242 e. The van der Waals surface area contributed by atoms with Crippen LogP contribution in [0.3, 0.4) is 0 Å². The fourth-order valence-electron chi connectivity index (χ4n) is 3.26. The second kappa shape index (κ2) is 7.31. The SMILES string of the molecule is O=C(CN1CSCC1=O)N1CC[NH+](Cc2nc3ccccc3s2)CC1. The molecule has 2 aliphatic heterocycles. The van der Waals surface area contributed by atoms with E-state index in [0.717, 1.165) is 43.2 Å². The minimum Gasteiger partial charge on any atom is -0.330 e. The first-order valence-electron chi connectivity index (χ1n) is 8.50. The maximum atomic E-state index is 12.4. The van der Waals surface area contributed by atoms with Crippen molar-refractivity contribution in [2.75, 3.05) is 44.4 Å². The largest absolute Gasteiger partial charge is 0.330 e. The third kappa shape index (κ3) is 3.80. The van der Waals surface area contributed by atoms with E-state index in [1.54, 1.807) is 28.0 Å². The summed E-state index contributed by atoms with van der Waals surface area (Å²) < 4.78 is 1.24. The molecule has 2 saturated heterocycles. The average Bonchev–Trinajstić information content (AvgIpc) is 3.21. The van der Waals surface area contributed by atoms with Gasteiger partial charge in [0, 0.05) is 0 Å². The molecule has 8 heteroatoms. The molecule has 0 radical (unpaired) electrons. The van der Waals surface area contributed by atoms with Gasteiger partial charge in [-0.05, 0) is 12.1 Å². The Labute approximate surface area is 154 Å². The molecule has 132 valence electrons. The lowest BCUT2D eigenvalue weighted by Gasteiger charge is -2.32. The van der Waals surface area contributed by atoms with Gasteiger partial charge in [0.2, 0.25) is 11.8 Å². The van der Waals surface area contributed by atoms with E-state index in [-0.39, 0.29) is 18.4 Å². The van der Waals surface area contributed by atoms with Crippen molar-refractivity contribution in [3.63, 3.8) is 0 Å². The van der Waals surface area contributed by atoms with E-state index in [1.165, 1.54) is 9.60 Å². The van der Waals surface area contributed by atoms with E-state index in [2.05, 4.69) is 12.1 Å². The minimum atomic E-state index is 0.0786. The Morgan fingerprint density at radius 2 is 2.04 bits per heavy atom. The molecule has 25 heavy (non-hydrogen) atoms. The van der Waals surface area contributed by atoms with Crippen LogP contribution in [0.15, 0.2) is 24.3 Å². The topological polar surface area (TPSA) is 58.0 Å². The monoisotopic (exact) mass is 377 g/mol. The second-order valence-electron chi connectivity index (χ2n) is 6.45. The number of quaternary nitrogens is 1. The second-order valence-corrected chi connectivity index (χ2v) is 8.52. The van der Waals surface area contributed by atoms with Gasteiger partial charge in [-0.15, -0.1) is 23.1 Å². The summed E-state index contributed by atoms with van der Waals surface area (Å²) in [6.07, 6.45) is 0. The lowest BCUT2D eigenvalue weighted by atomic mass is 10.3. The fraction of sp³-hybridized carbons (Fsp3) is 0.471. The standard InChI is InChI=1S/C17H20N4O2S2/c22-16(10-21-12-24-11-17(21)23)20-7-5-19(6-8-20)9-15-18-13-3-1-2-4-14(13)25-15/h1-4H,5-12H2/p+1. The average molecular weight is 378 g/mol. The van der Waals surface area contributed by atoms with E-state index in [4.69, 9.17) is 4.98 Å². The van der Waals surface area contributed by atoms with E-state index in [1.807, 2.05) is 17.0 Å². The van der Waals surface area contributed by atoms with Gasteiger partial charge in [0.25, 0.3) is 0 Å². The molecule has 0 spiro atoms. The molecule has 1 aromatic heterocycles. The highest BCUT2D eigenvalue weighted by Gasteiger charge is 2.28. The van der Waals surface area contributed by atoms with Crippen LogP contribution < -0.4 is 4.90 Å². The number of fused-ring (bicyclic) bond motifs is 1. The van der Waals surface area contributed by atoms with Gasteiger partial charge >= 0.3 is 0 Å². The van der Waals surface area contributed by atoms with Crippen molar-refractivity contribution in [2.45, 2.75) is 6.54 Å². The first-order chi connectivity index (χ1) is 12.2. The van der Waals surface area contributed by atoms with Crippen LogP contribution in [0.25, 0.3) is 10.2 Å². The first-order valence-corrected chi connectivity index (χ1v) is 10.5. The molecule has 2 amide bonds. The Morgan fingerprint density at radius 1 is 1.24 bits per heavy atom. The molecule has 1 aromatic carbocycles. The normalized spacial score (nSPS) is 19.1. The van der Waals surface area contributed by atoms with Crippen molar-refractivity contribution in [1.82, 2.24) is 14.8 Å². The van der Waals surface area contributed by atoms with Gasteiger partial charge in [-0.3, -0.25) is 9.59 Å². The van der Waals surface area contributed by atoms with Gasteiger partial charge in [-0.2, -0.15) is 0 Å². The summed E-state index contributed by atoms with van der Waals surface area (Å²) in [7, 11) is 0. The van der Waals surface area contributed by atoms with Gasteiger partial charge in [-0.25, -0.2) is 4.98 Å². The molecule has 1 N–H and O–H groups in total. The molecule has 4 rings (SSSR count). The van der Waals surface area contributed by atoms with Gasteiger partial charge in [0.1, 0.15) is 18.1 Å². The van der Waals surface area contributed by atoms with Crippen LogP contribution >= 0.6 is 23.1 Å². The molecule has 0 aliphatic carbocycles. The molecule has 6 nitrogen and oxygen atoms in total. The number of hydrogen-bond acceptors (Lipinski definition) is 5. The predicted molar refractivity (Wildman–Crippen MR) is 99.6 cm³/mol. The Bertz CT molecular complexity index is 753. The molecule has 0 atom stereocenters. The van der Waals surface area contributed by atoms with Crippen molar-refractivity contribution in [3.05, 3.63) is 29.3 Å². The molecule has 0 saturated carbocycles. The Hall–Kier alpha value is -1.64. The van der Waals surface area contributed by atoms with Crippen LogP contribution in [0.1, 0.15) is 5.01 Å². The number of carbonyl (C=O) groups excluding carboxylic acids is 2. The number of carbonyl (C=O) groups is 2. The Morgan fingerprint density at radius 3 is 2.76 bits per heavy atom. The highest BCUT2D eigenvalue weighted by atomic mass is 32.2. The zero-order valence-electron chi connectivity index (χ0n) is 13.9. The number of thiazole rings is 1. The lowest BCUT2D eigenvalue weighted by Crippen LogP contribution is -3.13. The Balaban J connectivity index is 1.29. The minimum absolute atomic E-state index is 0.0786. The highest BCUT2D eigenvalue weighted by Crippen LogP contribution is 2.20. The van der Waals surface area contributed by atoms with Crippen molar-refractivity contribution in [3.8, 4) is 0 Å². The van der Waals surface area contributed by atoms with E-state index < -0.39 is 0 Å². The lowest BCUT2D eigenvalue weighted by molar-refractivity contribution is -0.917. The number of hydrogen-bond donors (Lipinski definition) is 1. The quantitative estimate of drug-likeness (QED) is 0.819. The van der Waals surface area contributed by atoms with Gasteiger partial charge < -0.3 is 14.7 Å². The number of thioether (sulfide) groups is 1. The van der Waals surface area contributed by atoms with Gasteiger partial charge in [0.05, 0.1) is 48.0 Å². The number of nitrogens with one attached hydrogen (secondary N) is 1. The summed E-state index contributed by atoms with van der Waals surface area (Å²) >= 11 is 3.34. The van der Waals surface area contributed by atoms with Crippen molar-refractivity contribution < 1.29 is 14.5 Å². The van der Waals surface area contributed by atoms with Gasteiger partial charge in [-0.1, -0.05) is 12.1 Å². The maximum absolute atomic E-state index is 12.4. The molecule has 2 aliphatic rings. The third-order valence-corrected chi connectivity index (χ3v) is 6.70. The molecule has 2 fully saturated rings. The zero-order valence-corrected chi connectivity index (χ0v) is 15.6. The molecular weight excluding hydrogens is 356 g/mol. The summed E-state index contributed by atoms with van der Waals surface area (Å²) in [4.78, 5) is 33.8. The molecular formula is C17H21N4O2S2+. The summed E-state index contributed by atoms with van der Waals surface area (Å²) in [5.74, 6) is 1.31. The van der Waals surface area contributed by atoms with Crippen molar-refractivity contribution in [1.29, 1.82) is 0 Å². The number of piperazine rings is 1.